The monoisotopic (exact) mass is 317 g/mol. The molecule has 1 heterocycles. The smallest absolute Gasteiger partial charge is 0.347 e. The average Bonchev–Trinajstić information content (AvgIpc) is 2.55. The van der Waals surface area contributed by atoms with Gasteiger partial charge in [-0.05, 0) is 37.4 Å². The Bertz CT molecular complexity index is 533. The maximum absolute atomic E-state index is 12.7. The van der Waals surface area contributed by atoms with Crippen molar-refractivity contribution in [3.8, 4) is 0 Å². The minimum atomic E-state index is -1.73. The van der Waals surface area contributed by atoms with E-state index in [4.69, 9.17) is 4.74 Å². The molecule has 4 nitrogen and oxygen atoms in total. The molecule has 1 aromatic rings. The van der Waals surface area contributed by atoms with Crippen LogP contribution in [0.15, 0.2) is 42.5 Å². The first-order chi connectivity index (χ1) is 10.9. The Kier molecular flexibility index (Phi) is 5.97. The van der Waals surface area contributed by atoms with Crippen molar-refractivity contribution in [3.05, 3.63) is 48.0 Å². The molecule has 0 spiro atoms. The minimum Gasteiger partial charge on any atom is -0.460 e. The molecule has 1 aliphatic rings. The number of hydrogen-bond donors (Lipinski definition) is 1. The molecule has 0 aromatic heterocycles. The lowest BCUT2D eigenvalue weighted by atomic mass is 9.92. The number of esters is 1. The molecule has 4 heteroatoms. The van der Waals surface area contributed by atoms with Gasteiger partial charge in [0.1, 0.15) is 6.10 Å². The van der Waals surface area contributed by atoms with Crippen molar-refractivity contribution >= 4 is 5.97 Å². The summed E-state index contributed by atoms with van der Waals surface area (Å²) in [6.45, 7) is 5.82. The summed E-state index contributed by atoms with van der Waals surface area (Å²) in [7, 11) is 2.06. The number of benzene rings is 1. The molecule has 126 valence electrons. The van der Waals surface area contributed by atoms with Crippen LogP contribution in [0, 0.1) is 5.92 Å². The highest BCUT2D eigenvalue weighted by molar-refractivity contribution is 5.83. The lowest BCUT2D eigenvalue weighted by Crippen LogP contribution is -2.41. The molecule has 0 bridgehead atoms. The molecule has 1 N–H and O–H groups in total. The average molecular weight is 317 g/mol. The zero-order valence-corrected chi connectivity index (χ0v) is 14.2. The van der Waals surface area contributed by atoms with Crippen LogP contribution in [0.25, 0.3) is 0 Å². The molecule has 1 unspecified atom stereocenters. The van der Waals surface area contributed by atoms with E-state index in [0.717, 1.165) is 25.9 Å². The topological polar surface area (TPSA) is 49.8 Å². The molecule has 0 saturated carbocycles. The highest BCUT2D eigenvalue weighted by atomic mass is 16.6. The maximum Gasteiger partial charge on any atom is 0.347 e. The van der Waals surface area contributed by atoms with Gasteiger partial charge in [-0.3, -0.25) is 0 Å². The van der Waals surface area contributed by atoms with Crippen LogP contribution in [-0.4, -0.2) is 42.2 Å². The molecule has 0 radical (unpaired) electrons. The molecule has 1 atom stereocenters. The fraction of sp³-hybridized carbons (Fsp3) is 0.526. The van der Waals surface area contributed by atoms with Crippen LogP contribution in [-0.2, 0) is 15.1 Å². The van der Waals surface area contributed by atoms with Gasteiger partial charge in [0.15, 0.2) is 0 Å². The summed E-state index contributed by atoms with van der Waals surface area (Å²) in [4.78, 5) is 14.9. The first kappa shape index (κ1) is 17.7. The Morgan fingerprint density at radius 3 is 2.48 bits per heavy atom. The number of likely N-dealkylation sites (tertiary alicyclic amines) is 1. The molecular formula is C19H27NO3. The standard InChI is InChI=1S/C19H27NO3/c1-15(2)9-12-19(22,16-7-5-4-6-8-16)18(21)23-17-10-13-20(3)14-11-17/h4-9,12,15,17,22H,10-11,13-14H2,1-3H3/b12-9-. The van der Waals surface area contributed by atoms with Crippen LogP contribution < -0.4 is 0 Å². The van der Waals surface area contributed by atoms with Gasteiger partial charge in [0.05, 0.1) is 0 Å². The van der Waals surface area contributed by atoms with Gasteiger partial charge < -0.3 is 14.7 Å². The van der Waals surface area contributed by atoms with Gasteiger partial charge in [-0.15, -0.1) is 0 Å². The number of hydrogen-bond acceptors (Lipinski definition) is 4. The van der Waals surface area contributed by atoms with E-state index in [1.54, 1.807) is 18.2 Å². The van der Waals surface area contributed by atoms with E-state index in [1.165, 1.54) is 0 Å². The van der Waals surface area contributed by atoms with Crippen LogP contribution in [0.4, 0.5) is 0 Å². The molecule has 1 aromatic carbocycles. The van der Waals surface area contributed by atoms with Crippen LogP contribution >= 0.6 is 0 Å². The number of rotatable bonds is 5. The SMILES string of the molecule is CC(C)/C=C\C(O)(C(=O)OC1CCN(C)CC1)c1ccccc1. The quantitative estimate of drug-likeness (QED) is 0.670. The van der Waals surface area contributed by atoms with Gasteiger partial charge in [-0.2, -0.15) is 0 Å². The number of allylic oxidation sites excluding steroid dienone is 1. The number of piperidine rings is 1. The molecule has 23 heavy (non-hydrogen) atoms. The Labute approximate surface area is 138 Å². The summed E-state index contributed by atoms with van der Waals surface area (Å²) in [5, 5.41) is 11.0. The van der Waals surface area contributed by atoms with Crippen LogP contribution in [0.2, 0.25) is 0 Å². The summed E-state index contributed by atoms with van der Waals surface area (Å²) in [6, 6.07) is 8.98. The van der Waals surface area contributed by atoms with E-state index >= 15 is 0 Å². The first-order valence-electron chi connectivity index (χ1n) is 8.28. The zero-order chi connectivity index (χ0) is 16.9. The van der Waals surface area contributed by atoms with Gasteiger partial charge in [0.2, 0.25) is 5.60 Å². The van der Waals surface area contributed by atoms with Gasteiger partial charge >= 0.3 is 5.97 Å². The summed E-state index contributed by atoms with van der Waals surface area (Å²) >= 11 is 0. The third kappa shape index (κ3) is 4.66. The number of ether oxygens (including phenoxy) is 1. The third-order valence-electron chi connectivity index (χ3n) is 4.19. The number of carbonyl (C=O) groups is 1. The zero-order valence-electron chi connectivity index (χ0n) is 14.2. The van der Waals surface area contributed by atoms with Crippen LogP contribution in [0.5, 0.6) is 0 Å². The van der Waals surface area contributed by atoms with Crippen molar-refractivity contribution < 1.29 is 14.6 Å². The molecular weight excluding hydrogens is 290 g/mol. The van der Waals surface area contributed by atoms with Gasteiger partial charge in [-0.1, -0.05) is 50.3 Å². The molecule has 0 amide bonds. The summed E-state index contributed by atoms with van der Waals surface area (Å²) in [5.41, 5.74) is -1.19. The molecule has 1 saturated heterocycles. The molecule has 2 rings (SSSR count). The summed E-state index contributed by atoms with van der Waals surface area (Å²) < 4.78 is 5.62. The van der Waals surface area contributed by atoms with Crippen molar-refractivity contribution in [3.63, 3.8) is 0 Å². The van der Waals surface area contributed by atoms with E-state index < -0.39 is 11.6 Å². The molecule has 1 fully saturated rings. The van der Waals surface area contributed by atoms with E-state index in [0.29, 0.717) is 5.56 Å². The third-order valence-corrected chi connectivity index (χ3v) is 4.19. The maximum atomic E-state index is 12.7. The predicted octanol–water partition coefficient (Wildman–Crippen LogP) is 2.72. The second-order valence-corrected chi connectivity index (χ2v) is 6.64. The number of carbonyl (C=O) groups excluding carboxylic acids is 1. The second kappa shape index (κ2) is 7.75. The fourth-order valence-electron chi connectivity index (χ4n) is 2.65. The van der Waals surface area contributed by atoms with E-state index in [9.17, 15) is 9.90 Å². The normalized spacial score (nSPS) is 19.9. The highest BCUT2D eigenvalue weighted by Crippen LogP contribution is 2.27. The number of nitrogens with zero attached hydrogens (tertiary/aromatic N) is 1. The Morgan fingerprint density at radius 2 is 1.91 bits per heavy atom. The van der Waals surface area contributed by atoms with Crippen molar-refractivity contribution in [2.75, 3.05) is 20.1 Å². The first-order valence-corrected chi connectivity index (χ1v) is 8.28. The van der Waals surface area contributed by atoms with Crippen molar-refractivity contribution in [2.24, 2.45) is 5.92 Å². The molecule has 1 aliphatic heterocycles. The van der Waals surface area contributed by atoms with Gasteiger partial charge in [0.25, 0.3) is 0 Å². The van der Waals surface area contributed by atoms with Crippen LogP contribution in [0.3, 0.4) is 0 Å². The Hall–Kier alpha value is -1.65. The van der Waals surface area contributed by atoms with Gasteiger partial charge in [0, 0.05) is 13.1 Å². The Balaban J connectivity index is 2.18. The lowest BCUT2D eigenvalue weighted by Gasteiger charge is -2.31. The van der Waals surface area contributed by atoms with Crippen molar-refractivity contribution in [1.29, 1.82) is 0 Å². The van der Waals surface area contributed by atoms with Crippen molar-refractivity contribution in [1.82, 2.24) is 4.90 Å². The predicted molar refractivity (Wildman–Crippen MR) is 90.9 cm³/mol. The minimum absolute atomic E-state index is 0.124. The van der Waals surface area contributed by atoms with Crippen molar-refractivity contribution in [2.45, 2.75) is 38.4 Å². The fourth-order valence-corrected chi connectivity index (χ4v) is 2.65. The number of aliphatic hydroxyl groups is 1. The van der Waals surface area contributed by atoms with E-state index in [2.05, 4.69) is 11.9 Å². The summed E-state index contributed by atoms with van der Waals surface area (Å²) in [6.07, 6.45) is 4.89. The molecule has 0 aliphatic carbocycles. The summed E-state index contributed by atoms with van der Waals surface area (Å²) in [5.74, 6) is -0.350. The largest absolute Gasteiger partial charge is 0.460 e. The van der Waals surface area contributed by atoms with E-state index in [-0.39, 0.29) is 12.0 Å². The van der Waals surface area contributed by atoms with Crippen LogP contribution in [0.1, 0.15) is 32.3 Å². The highest BCUT2D eigenvalue weighted by Gasteiger charge is 2.38. The van der Waals surface area contributed by atoms with Gasteiger partial charge in [-0.25, -0.2) is 4.79 Å². The lowest BCUT2D eigenvalue weighted by molar-refractivity contribution is -0.169. The second-order valence-electron chi connectivity index (χ2n) is 6.64. The van der Waals surface area contributed by atoms with E-state index in [1.807, 2.05) is 38.1 Å². The Morgan fingerprint density at radius 1 is 1.30 bits per heavy atom.